The molecule has 1 fully saturated rings. The van der Waals surface area contributed by atoms with E-state index in [0.29, 0.717) is 12.5 Å². The quantitative estimate of drug-likeness (QED) is 0.883. The SMILES string of the molecule is N#Cc1cc(F)c(NCCC2CCCCC2)c(F)c1. The highest BCUT2D eigenvalue weighted by Crippen LogP contribution is 2.27. The number of nitrogens with one attached hydrogen (secondary N) is 1. The highest BCUT2D eigenvalue weighted by atomic mass is 19.1. The number of benzene rings is 1. The van der Waals surface area contributed by atoms with E-state index in [1.165, 1.54) is 32.1 Å². The summed E-state index contributed by atoms with van der Waals surface area (Å²) in [5, 5.41) is 11.4. The van der Waals surface area contributed by atoms with Crippen LogP contribution in [0.2, 0.25) is 0 Å². The molecule has 0 aromatic heterocycles. The van der Waals surface area contributed by atoms with E-state index in [1.54, 1.807) is 6.07 Å². The number of hydrogen-bond donors (Lipinski definition) is 1. The Morgan fingerprint density at radius 1 is 1.16 bits per heavy atom. The molecule has 0 atom stereocenters. The Balaban J connectivity index is 1.90. The molecule has 2 rings (SSSR count). The van der Waals surface area contributed by atoms with Crippen molar-refractivity contribution in [3.05, 3.63) is 29.3 Å². The molecule has 0 heterocycles. The van der Waals surface area contributed by atoms with E-state index in [-0.39, 0.29) is 11.3 Å². The lowest BCUT2D eigenvalue weighted by Crippen LogP contribution is -2.13. The van der Waals surface area contributed by atoms with Gasteiger partial charge in [-0.25, -0.2) is 8.78 Å². The lowest BCUT2D eigenvalue weighted by Gasteiger charge is -2.21. The van der Waals surface area contributed by atoms with Crippen LogP contribution in [-0.2, 0) is 0 Å². The molecule has 0 saturated heterocycles. The normalized spacial score (nSPS) is 16.1. The minimum atomic E-state index is -0.694. The van der Waals surface area contributed by atoms with Crippen molar-refractivity contribution < 1.29 is 8.78 Å². The Kier molecular flexibility index (Phi) is 4.73. The smallest absolute Gasteiger partial charge is 0.150 e. The molecule has 2 nitrogen and oxygen atoms in total. The van der Waals surface area contributed by atoms with Crippen LogP contribution in [0, 0.1) is 28.9 Å². The van der Waals surface area contributed by atoms with E-state index in [4.69, 9.17) is 5.26 Å². The van der Waals surface area contributed by atoms with Gasteiger partial charge >= 0.3 is 0 Å². The Morgan fingerprint density at radius 3 is 2.37 bits per heavy atom. The van der Waals surface area contributed by atoms with Gasteiger partial charge in [0.25, 0.3) is 0 Å². The molecular formula is C15H18F2N2. The summed E-state index contributed by atoms with van der Waals surface area (Å²) in [5.74, 6) is -0.717. The third-order valence-electron chi connectivity index (χ3n) is 3.75. The Bertz CT molecular complexity index is 451. The van der Waals surface area contributed by atoms with Crippen molar-refractivity contribution in [1.82, 2.24) is 0 Å². The van der Waals surface area contributed by atoms with Crippen LogP contribution >= 0.6 is 0 Å². The molecular weight excluding hydrogens is 246 g/mol. The van der Waals surface area contributed by atoms with Crippen molar-refractivity contribution in [2.45, 2.75) is 38.5 Å². The predicted octanol–water partition coefficient (Wildman–Crippen LogP) is 4.22. The third-order valence-corrected chi connectivity index (χ3v) is 3.75. The molecule has 0 radical (unpaired) electrons. The van der Waals surface area contributed by atoms with Gasteiger partial charge in [-0.1, -0.05) is 32.1 Å². The lowest BCUT2D eigenvalue weighted by atomic mass is 9.87. The van der Waals surface area contributed by atoms with E-state index >= 15 is 0 Å². The summed E-state index contributed by atoms with van der Waals surface area (Å²) in [6.07, 6.45) is 7.23. The fraction of sp³-hybridized carbons (Fsp3) is 0.533. The average molecular weight is 264 g/mol. The topological polar surface area (TPSA) is 35.8 Å². The van der Waals surface area contributed by atoms with E-state index in [2.05, 4.69) is 5.32 Å². The first-order valence-electron chi connectivity index (χ1n) is 6.83. The van der Waals surface area contributed by atoms with E-state index in [1.807, 2.05) is 0 Å². The predicted molar refractivity (Wildman–Crippen MR) is 70.8 cm³/mol. The number of rotatable bonds is 4. The molecule has 1 saturated carbocycles. The van der Waals surface area contributed by atoms with Crippen LogP contribution in [0.25, 0.3) is 0 Å². The molecule has 0 unspecified atom stereocenters. The van der Waals surface area contributed by atoms with E-state index in [9.17, 15) is 8.78 Å². The average Bonchev–Trinajstić information content (AvgIpc) is 2.42. The maximum absolute atomic E-state index is 13.6. The zero-order chi connectivity index (χ0) is 13.7. The molecule has 0 amide bonds. The van der Waals surface area contributed by atoms with Crippen LogP contribution < -0.4 is 5.32 Å². The monoisotopic (exact) mass is 264 g/mol. The van der Waals surface area contributed by atoms with Gasteiger partial charge in [-0.15, -0.1) is 0 Å². The van der Waals surface area contributed by atoms with Crippen LogP contribution in [-0.4, -0.2) is 6.54 Å². The summed E-state index contributed by atoms with van der Waals surface area (Å²) in [4.78, 5) is 0. The number of nitriles is 1. The van der Waals surface area contributed by atoms with Gasteiger partial charge in [0, 0.05) is 6.54 Å². The van der Waals surface area contributed by atoms with Crippen molar-refractivity contribution in [3.63, 3.8) is 0 Å². The third kappa shape index (κ3) is 3.66. The van der Waals surface area contributed by atoms with Crippen LogP contribution in [0.3, 0.4) is 0 Å². The van der Waals surface area contributed by atoms with Crippen molar-refractivity contribution in [2.75, 3.05) is 11.9 Å². The van der Waals surface area contributed by atoms with Crippen LogP contribution in [0.4, 0.5) is 14.5 Å². The fourth-order valence-electron chi connectivity index (χ4n) is 2.68. The molecule has 102 valence electrons. The molecule has 1 aliphatic carbocycles. The van der Waals surface area contributed by atoms with Crippen molar-refractivity contribution in [2.24, 2.45) is 5.92 Å². The largest absolute Gasteiger partial charge is 0.380 e. The number of anilines is 1. The van der Waals surface area contributed by atoms with Gasteiger partial charge in [0.2, 0.25) is 0 Å². The molecule has 19 heavy (non-hydrogen) atoms. The number of hydrogen-bond acceptors (Lipinski definition) is 2. The molecule has 4 heteroatoms. The molecule has 1 aromatic rings. The van der Waals surface area contributed by atoms with Crippen molar-refractivity contribution >= 4 is 5.69 Å². The number of halogens is 2. The van der Waals surface area contributed by atoms with Gasteiger partial charge in [-0.05, 0) is 24.5 Å². The summed E-state index contributed by atoms with van der Waals surface area (Å²) in [6.45, 7) is 0.574. The maximum Gasteiger partial charge on any atom is 0.150 e. The van der Waals surface area contributed by atoms with E-state index < -0.39 is 11.6 Å². The lowest BCUT2D eigenvalue weighted by molar-refractivity contribution is 0.345. The fourth-order valence-corrected chi connectivity index (χ4v) is 2.68. The second kappa shape index (κ2) is 6.51. The highest BCUT2D eigenvalue weighted by molar-refractivity contribution is 5.50. The van der Waals surface area contributed by atoms with Gasteiger partial charge < -0.3 is 5.32 Å². The molecule has 1 aliphatic rings. The Morgan fingerprint density at radius 2 is 1.79 bits per heavy atom. The van der Waals surface area contributed by atoms with E-state index in [0.717, 1.165) is 18.6 Å². The summed E-state index contributed by atoms with van der Waals surface area (Å²) in [5.41, 5.74) is -0.109. The van der Waals surface area contributed by atoms with Gasteiger partial charge in [0.15, 0.2) is 11.6 Å². The maximum atomic E-state index is 13.6. The first-order valence-corrected chi connectivity index (χ1v) is 6.83. The van der Waals surface area contributed by atoms with Crippen LogP contribution in [0.15, 0.2) is 12.1 Å². The first kappa shape index (κ1) is 13.8. The highest BCUT2D eigenvalue weighted by Gasteiger charge is 2.14. The number of nitrogens with zero attached hydrogens (tertiary/aromatic N) is 1. The minimum Gasteiger partial charge on any atom is -0.380 e. The van der Waals surface area contributed by atoms with Crippen LogP contribution in [0.1, 0.15) is 44.1 Å². The molecule has 1 N–H and O–H groups in total. The second-order valence-electron chi connectivity index (χ2n) is 5.15. The first-order chi connectivity index (χ1) is 9.20. The van der Waals surface area contributed by atoms with Gasteiger partial charge in [-0.3, -0.25) is 0 Å². The second-order valence-corrected chi connectivity index (χ2v) is 5.15. The standard InChI is InChI=1S/C15H18F2N2/c16-13-8-12(10-18)9-14(17)15(13)19-7-6-11-4-2-1-3-5-11/h8-9,11,19H,1-7H2. The van der Waals surface area contributed by atoms with Crippen molar-refractivity contribution in [1.29, 1.82) is 5.26 Å². The Labute approximate surface area is 112 Å². The minimum absolute atomic E-state index is 0.00725. The molecule has 0 bridgehead atoms. The molecule has 0 spiro atoms. The molecule has 0 aliphatic heterocycles. The molecule has 1 aromatic carbocycles. The summed E-state index contributed by atoms with van der Waals surface area (Å²) < 4.78 is 27.2. The van der Waals surface area contributed by atoms with Gasteiger partial charge in [0.1, 0.15) is 5.69 Å². The van der Waals surface area contributed by atoms with Gasteiger partial charge in [-0.2, -0.15) is 5.26 Å². The van der Waals surface area contributed by atoms with Gasteiger partial charge in [0.05, 0.1) is 11.6 Å². The van der Waals surface area contributed by atoms with Crippen molar-refractivity contribution in [3.8, 4) is 6.07 Å². The Hall–Kier alpha value is -1.63. The zero-order valence-electron chi connectivity index (χ0n) is 10.9. The van der Waals surface area contributed by atoms with Crippen LogP contribution in [0.5, 0.6) is 0 Å². The summed E-state index contributed by atoms with van der Waals surface area (Å²) in [6, 6.07) is 3.86. The summed E-state index contributed by atoms with van der Waals surface area (Å²) in [7, 11) is 0. The zero-order valence-corrected chi connectivity index (χ0v) is 10.9. The summed E-state index contributed by atoms with van der Waals surface area (Å²) >= 11 is 0.